The molecule has 2 atom stereocenters. The molecule has 0 aromatic heterocycles. The van der Waals surface area contributed by atoms with Crippen molar-refractivity contribution in [2.24, 2.45) is 16.8 Å². The van der Waals surface area contributed by atoms with E-state index in [0.717, 1.165) is 17.8 Å². The van der Waals surface area contributed by atoms with Crippen molar-refractivity contribution in [3.05, 3.63) is 108 Å². The average Bonchev–Trinajstić information content (AvgIpc) is 3.40. The predicted octanol–water partition coefficient (Wildman–Crippen LogP) is 4.70. The van der Waals surface area contributed by atoms with Gasteiger partial charge in [0.25, 0.3) is 0 Å². The van der Waals surface area contributed by atoms with Crippen molar-refractivity contribution in [1.29, 1.82) is 0 Å². The van der Waals surface area contributed by atoms with Crippen molar-refractivity contribution >= 4 is 17.6 Å². The van der Waals surface area contributed by atoms with E-state index in [2.05, 4.69) is 65.6 Å². The number of rotatable bonds is 6. The molecule has 1 aliphatic heterocycles. The van der Waals surface area contributed by atoms with Gasteiger partial charge in [0.15, 0.2) is 0 Å². The fourth-order valence-electron chi connectivity index (χ4n) is 6.15. The minimum Gasteiger partial charge on any atom is -0.468 e. The van der Waals surface area contributed by atoms with Crippen LogP contribution in [-0.4, -0.2) is 49.2 Å². The molecular formula is C31H32N2O3. The number of Topliss-reactive ketones (excluding diaryl/α,β-unsaturated/α-hetero) is 1. The van der Waals surface area contributed by atoms with Crippen LogP contribution >= 0.6 is 0 Å². The number of benzene rings is 3. The highest BCUT2D eigenvalue weighted by Gasteiger charge is 2.54. The summed E-state index contributed by atoms with van der Waals surface area (Å²) in [6.45, 7) is 1.31. The van der Waals surface area contributed by atoms with Crippen molar-refractivity contribution in [2.45, 2.75) is 24.7 Å². The molecule has 0 N–H and O–H groups in total. The van der Waals surface area contributed by atoms with Crippen LogP contribution in [0.1, 0.15) is 29.5 Å². The number of ether oxygens (including phenoxy) is 1. The monoisotopic (exact) mass is 480 g/mol. The predicted molar refractivity (Wildman–Crippen MR) is 141 cm³/mol. The maximum absolute atomic E-state index is 13.3. The van der Waals surface area contributed by atoms with Gasteiger partial charge in [0.05, 0.1) is 7.11 Å². The van der Waals surface area contributed by atoms with Crippen LogP contribution in [0.5, 0.6) is 0 Å². The summed E-state index contributed by atoms with van der Waals surface area (Å²) in [7, 11) is 1.38. The first-order valence-electron chi connectivity index (χ1n) is 12.6. The number of esters is 1. The topological polar surface area (TPSA) is 59.0 Å². The van der Waals surface area contributed by atoms with E-state index < -0.39 is 0 Å². The molecule has 184 valence electrons. The summed E-state index contributed by atoms with van der Waals surface area (Å²) >= 11 is 0. The molecule has 3 aromatic rings. The van der Waals surface area contributed by atoms with Crippen LogP contribution in [0.25, 0.3) is 0 Å². The van der Waals surface area contributed by atoms with E-state index >= 15 is 0 Å². The molecule has 5 rings (SSSR count). The molecule has 3 aromatic carbocycles. The Morgan fingerprint density at radius 3 is 2.08 bits per heavy atom. The molecule has 5 heteroatoms. The average molecular weight is 481 g/mol. The number of carbonyl (C=O) groups is 2. The van der Waals surface area contributed by atoms with Crippen LogP contribution in [0.4, 0.5) is 0 Å². The normalized spacial score (nSPS) is 21.2. The maximum atomic E-state index is 13.3. The van der Waals surface area contributed by atoms with Crippen LogP contribution in [0.15, 0.2) is 96.0 Å². The van der Waals surface area contributed by atoms with Crippen LogP contribution < -0.4 is 0 Å². The van der Waals surface area contributed by atoms with Crippen LogP contribution in [-0.2, 0) is 26.2 Å². The van der Waals surface area contributed by atoms with Crippen LogP contribution in [0, 0.1) is 11.8 Å². The third kappa shape index (κ3) is 4.58. The molecule has 2 unspecified atom stereocenters. The van der Waals surface area contributed by atoms with Gasteiger partial charge in [0.2, 0.25) is 0 Å². The molecule has 36 heavy (non-hydrogen) atoms. The second-order valence-electron chi connectivity index (χ2n) is 9.76. The van der Waals surface area contributed by atoms with Gasteiger partial charge in [0, 0.05) is 43.2 Å². The Balaban J connectivity index is 1.55. The van der Waals surface area contributed by atoms with E-state index in [0.29, 0.717) is 31.7 Å². The van der Waals surface area contributed by atoms with Gasteiger partial charge in [-0.3, -0.25) is 14.6 Å². The highest BCUT2D eigenvalue weighted by Crippen LogP contribution is 2.52. The Labute approximate surface area is 212 Å². The number of methoxy groups -OCH3 is 1. The quantitative estimate of drug-likeness (QED) is 0.292. The number of ketones is 1. The number of likely N-dealkylation sites (tertiary alicyclic amines) is 1. The zero-order valence-corrected chi connectivity index (χ0v) is 20.7. The minimum absolute atomic E-state index is 0.0268. The summed E-state index contributed by atoms with van der Waals surface area (Å²) in [5, 5.41) is 0. The molecule has 0 spiro atoms. The number of carbonyl (C=O) groups excluding carboxylic acids is 2. The van der Waals surface area contributed by atoms with Crippen molar-refractivity contribution < 1.29 is 14.3 Å². The number of hydrogen-bond donors (Lipinski definition) is 0. The smallest absolute Gasteiger partial charge is 0.327 e. The molecule has 0 radical (unpaired) electrons. The summed E-state index contributed by atoms with van der Waals surface area (Å²) < 4.78 is 4.86. The van der Waals surface area contributed by atoms with Gasteiger partial charge in [-0.05, 0) is 23.1 Å². The first-order valence-corrected chi connectivity index (χ1v) is 12.6. The standard InChI is InChI=1S/C31H32N2O3/c1-36-30(35)20-32-29(19-23-11-5-2-6-12-23)33-21-26-27(22-33)31(18-17-28(26)34,24-13-7-3-8-14-24)25-15-9-4-10-16-25/h2-16,26-27H,17-22H2,1H3. The molecule has 1 saturated carbocycles. The Morgan fingerprint density at radius 1 is 0.917 bits per heavy atom. The third-order valence-corrected chi connectivity index (χ3v) is 7.90. The largest absolute Gasteiger partial charge is 0.468 e. The summed E-state index contributed by atoms with van der Waals surface area (Å²) in [6.07, 6.45) is 1.96. The highest BCUT2D eigenvalue weighted by atomic mass is 16.5. The van der Waals surface area contributed by atoms with Gasteiger partial charge in [0.1, 0.15) is 18.2 Å². The first-order chi connectivity index (χ1) is 17.6. The van der Waals surface area contributed by atoms with Crippen LogP contribution in [0.2, 0.25) is 0 Å². The maximum Gasteiger partial charge on any atom is 0.327 e. The van der Waals surface area contributed by atoms with E-state index in [4.69, 9.17) is 9.73 Å². The molecule has 2 fully saturated rings. The molecule has 1 aliphatic carbocycles. The summed E-state index contributed by atoms with van der Waals surface area (Å²) in [4.78, 5) is 32.2. The molecule has 1 heterocycles. The third-order valence-electron chi connectivity index (χ3n) is 7.90. The Morgan fingerprint density at radius 2 is 1.50 bits per heavy atom. The number of nitrogens with zero attached hydrogens (tertiary/aromatic N) is 2. The van der Waals surface area contributed by atoms with E-state index in [-0.39, 0.29) is 29.8 Å². The first kappa shape index (κ1) is 24.0. The lowest BCUT2D eigenvalue weighted by Gasteiger charge is -2.45. The lowest BCUT2D eigenvalue weighted by atomic mass is 9.56. The lowest BCUT2D eigenvalue weighted by Crippen LogP contribution is -2.47. The fourth-order valence-corrected chi connectivity index (χ4v) is 6.15. The van der Waals surface area contributed by atoms with Gasteiger partial charge < -0.3 is 9.64 Å². The Hall–Kier alpha value is -3.73. The second kappa shape index (κ2) is 10.5. The van der Waals surface area contributed by atoms with Gasteiger partial charge in [-0.1, -0.05) is 91.0 Å². The number of hydrogen-bond acceptors (Lipinski definition) is 4. The van der Waals surface area contributed by atoms with Crippen molar-refractivity contribution in [1.82, 2.24) is 4.90 Å². The van der Waals surface area contributed by atoms with Crippen molar-refractivity contribution in [3.8, 4) is 0 Å². The van der Waals surface area contributed by atoms with Crippen molar-refractivity contribution in [3.63, 3.8) is 0 Å². The number of aliphatic imine (C=N–C) groups is 1. The van der Waals surface area contributed by atoms with Gasteiger partial charge in [-0.2, -0.15) is 0 Å². The summed E-state index contributed by atoms with van der Waals surface area (Å²) in [5.74, 6) is 0.831. The molecule has 2 aliphatic rings. The Bertz CT molecular complexity index is 1180. The summed E-state index contributed by atoms with van der Waals surface area (Å²) in [5.41, 5.74) is 3.39. The number of amidine groups is 1. The second-order valence-corrected chi connectivity index (χ2v) is 9.76. The molecular weight excluding hydrogens is 448 g/mol. The SMILES string of the molecule is COC(=O)CN=C(Cc1ccccc1)N1CC2C(=O)CCC(c3ccccc3)(c3ccccc3)C2C1. The molecule has 0 bridgehead atoms. The van der Waals surface area contributed by atoms with Gasteiger partial charge in [-0.25, -0.2) is 0 Å². The van der Waals surface area contributed by atoms with Gasteiger partial charge >= 0.3 is 5.97 Å². The van der Waals surface area contributed by atoms with E-state index in [1.807, 2.05) is 30.3 Å². The van der Waals surface area contributed by atoms with E-state index in [1.165, 1.54) is 18.2 Å². The van der Waals surface area contributed by atoms with Crippen molar-refractivity contribution in [2.75, 3.05) is 26.7 Å². The van der Waals surface area contributed by atoms with E-state index in [9.17, 15) is 9.59 Å². The fraction of sp³-hybridized carbons (Fsp3) is 0.323. The zero-order chi connectivity index (χ0) is 25.0. The zero-order valence-electron chi connectivity index (χ0n) is 20.7. The molecule has 0 amide bonds. The summed E-state index contributed by atoms with van der Waals surface area (Å²) in [6, 6.07) is 31.5. The highest BCUT2D eigenvalue weighted by molar-refractivity contribution is 5.89. The van der Waals surface area contributed by atoms with Crippen LogP contribution in [0.3, 0.4) is 0 Å². The van der Waals surface area contributed by atoms with Gasteiger partial charge in [-0.15, -0.1) is 0 Å². The molecule has 5 nitrogen and oxygen atoms in total. The van der Waals surface area contributed by atoms with E-state index in [1.54, 1.807) is 0 Å². The lowest BCUT2D eigenvalue weighted by molar-refractivity contribution is -0.138. The number of fused-ring (bicyclic) bond motifs is 1. The Kier molecular flexibility index (Phi) is 6.99. The minimum atomic E-state index is -0.365. The molecule has 1 saturated heterocycles.